The highest BCUT2D eigenvalue weighted by Gasteiger charge is 2.23. The van der Waals surface area contributed by atoms with Crippen LogP contribution >= 0.6 is 0 Å². The summed E-state index contributed by atoms with van der Waals surface area (Å²) in [5.74, 6) is -0.509. The number of unbranched alkanes of at least 4 members (excludes halogenated alkanes) is 3. The van der Waals surface area contributed by atoms with E-state index in [0.717, 1.165) is 32.2 Å². The van der Waals surface area contributed by atoms with E-state index in [4.69, 9.17) is 5.11 Å². The van der Waals surface area contributed by atoms with E-state index < -0.39 is 5.97 Å². The third-order valence-electron chi connectivity index (χ3n) is 3.67. The smallest absolute Gasteiger partial charge is 0.317 e. The third-order valence-corrected chi connectivity index (χ3v) is 3.67. The van der Waals surface area contributed by atoms with Crippen LogP contribution in [0, 0.1) is 5.92 Å². The summed E-state index contributed by atoms with van der Waals surface area (Å²) >= 11 is 0. The highest BCUT2D eigenvalue weighted by atomic mass is 16.4. The zero-order valence-corrected chi connectivity index (χ0v) is 11.9. The summed E-state index contributed by atoms with van der Waals surface area (Å²) in [7, 11) is 0. The molecule has 0 aromatic carbocycles. The van der Waals surface area contributed by atoms with Crippen molar-refractivity contribution < 1.29 is 14.7 Å². The van der Waals surface area contributed by atoms with Crippen LogP contribution in [-0.2, 0) is 4.79 Å². The molecule has 0 spiro atoms. The number of carbonyl (C=O) groups excluding carboxylic acids is 1. The molecule has 1 heterocycles. The molecule has 1 aliphatic heterocycles. The number of aliphatic carboxylic acids is 1. The molecular formula is C14H26N2O3. The number of amides is 2. The van der Waals surface area contributed by atoms with Crippen molar-refractivity contribution in [2.24, 2.45) is 5.92 Å². The van der Waals surface area contributed by atoms with Crippen molar-refractivity contribution in [1.29, 1.82) is 0 Å². The molecule has 110 valence electrons. The Labute approximate surface area is 115 Å². The van der Waals surface area contributed by atoms with Crippen molar-refractivity contribution in [2.75, 3.05) is 19.6 Å². The molecule has 1 fully saturated rings. The molecule has 0 saturated carbocycles. The van der Waals surface area contributed by atoms with Crippen molar-refractivity contribution in [3.63, 3.8) is 0 Å². The van der Waals surface area contributed by atoms with E-state index in [-0.39, 0.29) is 18.4 Å². The number of carboxylic acids is 1. The molecule has 2 amide bonds. The Bertz CT molecular complexity index is 286. The molecular weight excluding hydrogens is 244 g/mol. The van der Waals surface area contributed by atoms with Crippen LogP contribution in [-0.4, -0.2) is 41.6 Å². The number of nitrogens with one attached hydrogen (secondary N) is 1. The molecule has 0 radical (unpaired) electrons. The molecule has 5 heteroatoms. The summed E-state index contributed by atoms with van der Waals surface area (Å²) in [6, 6.07) is 0.00488. The Balaban J connectivity index is 2.12. The van der Waals surface area contributed by atoms with Gasteiger partial charge in [-0.25, -0.2) is 4.79 Å². The van der Waals surface area contributed by atoms with Crippen LogP contribution in [0.5, 0.6) is 0 Å². The largest absolute Gasteiger partial charge is 0.481 e. The number of rotatable bonds is 7. The Morgan fingerprint density at radius 1 is 1.21 bits per heavy atom. The monoisotopic (exact) mass is 270 g/mol. The SMILES string of the molecule is CCCCCCNC(=O)N1CCC(CC(=O)O)CC1. The predicted octanol–water partition coefficient (Wildman–Crippen LogP) is 2.46. The predicted molar refractivity (Wildman–Crippen MR) is 74.1 cm³/mol. The fourth-order valence-corrected chi connectivity index (χ4v) is 2.45. The van der Waals surface area contributed by atoms with Gasteiger partial charge in [-0.15, -0.1) is 0 Å². The highest BCUT2D eigenvalue weighted by molar-refractivity contribution is 5.74. The normalized spacial score (nSPS) is 16.4. The van der Waals surface area contributed by atoms with E-state index in [9.17, 15) is 9.59 Å². The topological polar surface area (TPSA) is 69.6 Å². The average molecular weight is 270 g/mol. The zero-order chi connectivity index (χ0) is 14.1. The number of piperidine rings is 1. The van der Waals surface area contributed by atoms with Crippen LogP contribution in [0.1, 0.15) is 51.9 Å². The van der Waals surface area contributed by atoms with Gasteiger partial charge in [-0.3, -0.25) is 4.79 Å². The van der Waals surface area contributed by atoms with Crippen LogP contribution in [0.3, 0.4) is 0 Å². The summed E-state index contributed by atoms with van der Waals surface area (Å²) in [5, 5.41) is 11.7. The summed E-state index contributed by atoms with van der Waals surface area (Å²) in [6.45, 7) is 4.27. The number of hydrogen-bond donors (Lipinski definition) is 2. The lowest BCUT2D eigenvalue weighted by atomic mass is 9.94. The summed E-state index contributed by atoms with van der Waals surface area (Å²) in [4.78, 5) is 24.3. The van der Waals surface area contributed by atoms with Crippen molar-refractivity contribution in [3.8, 4) is 0 Å². The lowest BCUT2D eigenvalue weighted by molar-refractivity contribution is -0.138. The van der Waals surface area contributed by atoms with Gasteiger partial charge in [-0.2, -0.15) is 0 Å². The van der Waals surface area contributed by atoms with Gasteiger partial charge >= 0.3 is 12.0 Å². The number of nitrogens with zero attached hydrogens (tertiary/aromatic N) is 1. The molecule has 0 atom stereocenters. The van der Waals surface area contributed by atoms with Gasteiger partial charge in [0.05, 0.1) is 0 Å². The fourth-order valence-electron chi connectivity index (χ4n) is 2.45. The van der Waals surface area contributed by atoms with E-state index >= 15 is 0 Å². The summed E-state index contributed by atoms with van der Waals surface area (Å²) in [6.07, 6.45) is 6.45. The van der Waals surface area contributed by atoms with Gasteiger partial charge in [0.15, 0.2) is 0 Å². The Hall–Kier alpha value is -1.26. The van der Waals surface area contributed by atoms with Gasteiger partial charge in [0.25, 0.3) is 0 Å². The van der Waals surface area contributed by atoms with E-state index in [2.05, 4.69) is 12.2 Å². The summed E-state index contributed by atoms with van der Waals surface area (Å²) < 4.78 is 0. The first-order valence-electron chi connectivity index (χ1n) is 7.38. The van der Waals surface area contributed by atoms with E-state index in [1.807, 2.05) is 0 Å². The molecule has 0 aliphatic carbocycles. The molecule has 0 aromatic heterocycles. The van der Waals surface area contributed by atoms with Crippen molar-refractivity contribution in [3.05, 3.63) is 0 Å². The molecule has 1 saturated heterocycles. The van der Waals surface area contributed by atoms with Crippen LogP contribution in [0.4, 0.5) is 4.79 Å². The van der Waals surface area contributed by atoms with E-state index in [0.29, 0.717) is 13.1 Å². The van der Waals surface area contributed by atoms with Gasteiger partial charge in [-0.05, 0) is 25.2 Å². The number of likely N-dealkylation sites (tertiary alicyclic amines) is 1. The van der Waals surface area contributed by atoms with Crippen LogP contribution < -0.4 is 5.32 Å². The minimum atomic E-state index is -0.737. The quantitative estimate of drug-likeness (QED) is 0.698. The van der Waals surface area contributed by atoms with Crippen LogP contribution in [0.15, 0.2) is 0 Å². The molecule has 5 nitrogen and oxygen atoms in total. The van der Waals surface area contributed by atoms with Gasteiger partial charge in [0.1, 0.15) is 0 Å². The lowest BCUT2D eigenvalue weighted by Crippen LogP contribution is -2.44. The molecule has 2 N–H and O–H groups in total. The Morgan fingerprint density at radius 3 is 2.47 bits per heavy atom. The van der Waals surface area contributed by atoms with Gasteiger partial charge in [0.2, 0.25) is 0 Å². The molecule has 0 aromatic rings. The second-order valence-electron chi connectivity index (χ2n) is 5.32. The first kappa shape index (κ1) is 15.8. The minimum Gasteiger partial charge on any atom is -0.481 e. The molecule has 19 heavy (non-hydrogen) atoms. The number of urea groups is 1. The first-order valence-corrected chi connectivity index (χ1v) is 7.38. The van der Waals surface area contributed by atoms with E-state index in [1.165, 1.54) is 12.8 Å². The Morgan fingerprint density at radius 2 is 1.89 bits per heavy atom. The van der Waals surface area contributed by atoms with Gasteiger partial charge in [0, 0.05) is 26.1 Å². The van der Waals surface area contributed by atoms with Gasteiger partial charge < -0.3 is 15.3 Å². The molecule has 1 rings (SSSR count). The standard InChI is InChI=1S/C14H26N2O3/c1-2-3-4-5-8-15-14(19)16-9-6-12(7-10-16)11-13(17)18/h12H,2-11H2,1H3,(H,15,19)(H,17,18). The molecule has 1 aliphatic rings. The second-order valence-corrected chi connectivity index (χ2v) is 5.32. The average Bonchev–Trinajstić information content (AvgIpc) is 2.38. The number of carbonyl (C=O) groups is 2. The number of hydrogen-bond acceptors (Lipinski definition) is 2. The van der Waals surface area contributed by atoms with Crippen molar-refractivity contribution >= 4 is 12.0 Å². The van der Waals surface area contributed by atoms with Crippen LogP contribution in [0.2, 0.25) is 0 Å². The van der Waals surface area contributed by atoms with E-state index in [1.54, 1.807) is 4.90 Å². The fraction of sp³-hybridized carbons (Fsp3) is 0.857. The van der Waals surface area contributed by atoms with Crippen molar-refractivity contribution in [1.82, 2.24) is 10.2 Å². The van der Waals surface area contributed by atoms with Crippen molar-refractivity contribution in [2.45, 2.75) is 51.9 Å². The third kappa shape index (κ3) is 6.45. The maximum absolute atomic E-state index is 11.9. The minimum absolute atomic E-state index is 0.00488. The van der Waals surface area contributed by atoms with Gasteiger partial charge in [-0.1, -0.05) is 26.2 Å². The summed E-state index contributed by atoms with van der Waals surface area (Å²) in [5.41, 5.74) is 0. The second kappa shape index (κ2) is 8.77. The molecule has 0 bridgehead atoms. The maximum atomic E-state index is 11.9. The maximum Gasteiger partial charge on any atom is 0.317 e. The molecule has 0 unspecified atom stereocenters. The Kier molecular flexibility index (Phi) is 7.30. The van der Waals surface area contributed by atoms with Crippen LogP contribution in [0.25, 0.3) is 0 Å². The first-order chi connectivity index (χ1) is 9.13. The zero-order valence-electron chi connectivity index (χ0n) is 11.9. The number of carboxylic acid groups (broad SMARTS) is 1. The highest BCUT2D eigenvalue weighted by Crippen LogP contribution is 2.20. The lowest BCUT2D eigenvalue weighted by Gasteiger charge is -2.31.